The second-order valence-electron chi connectivity index (χ2n) is 4.48. The summed E-state index contributed by atoms with van der Waals surface area (Å²) in [5, 5.41) is 12.1. The zero-order valence-electron chi connectivity index (χ0n) is 11.2. The van der Waals surface area contributed by atoms with Crippen molar-refractivity contribution in [1.82, 2.24) is 4.98 Å². The van der Waals surface area contributed by atoms with E-state index in [1.165, 1.54) is 11.3 Å². The van der Waals surface area contributed by atoms with Crippen molar-refractivity contribution in [1.29, 1.82) is 5.26 Å². The fourth-order valence-corrected chi connectivity index (χ4v) is 2.79. The molecule has 0 unspecified atom stereocenters. The fourth-order valence-electron chi connectivity index (χ4n) is 2.00. The van der Waals surface area contributed by atoms with Gasteiger partial charge in [-0.25, -0.2) is 4.98 Å². The van der Waals surface area contributed by atoms with E-state index in [9.17, 15) is 5.26 Å². The van der Waals surface area contributed by atoms with Crippen molar-refractivity contribution < 1.29 is 0 Å². The van der Waals surface area contributed by atoms with Crippen molar-refractivity contribution in [2.24, 2.45) is 0 Å². The average molecular weight is 288 g/mol. The number of hydrogen-bond acceptors (Lipinski definition) is 3. The van der Waals surface area contributed by atoms with E-state index >= 15 is 0 Å². The maximum Gasteiger partial charge on any atom is 0.134 e. The zero-order valence-corrected chi connectivity index (χ0v) is 12.0. The van der Waals surface area contributed by atoms with Gasteiger partial charge in [-0.3, -0.25) is 0 Å². The second kappa shape index (κ2) is 6.17. The van der Waals surface area contributed by atoms with Crippen LogP contribution in [0.2, 0.25) is 0 Å². The summed E-state index contributed by atoms with van der Waals surface area (Å²) in [6.45, 7) is 0. The summed E-state index contributed by atoms with van der Waals surface area (Å²) in [5.74, 6) is 0. The Morgan fingerprint density at radius 2 is 1.67 bits per heavy atom. The summed E-state index contributed by atoms with van der Waals surface area (Å²) < 4.78 is 0. The molecule has 0 atom stereocenters. The Kier molecular flexibility index (Phi) is 3.90. The summed E-state index contributed by atoms with van der Waals surface area (Å²) in [6.07, 6.45) is 1.87. The third kappa shape index (κ3) is 3.07. The van der Waals surface area contributed by atoms with E-state index in [4.69, 9.17) is 0 Å². The molecule has 0 saturated carbocycles. The highest BCUT2D eigenvalue weighted by molar-refractivity contribution is 7.11. The van der Waals surface area contributed by atoms with Gasteiger partial charge in [-0.2, -0.15) is 5.26 Å². The van der Waals surface area contributed by atoms with Crippen molar-refractivity contribution in [2.45, 2.75) is 0 Å². The molecule has 0 N–H and O–H groups in total. The van der Waals surface area contributed by atoms with Gasteiger partial charge in [0.25, 0.3) is 0 Å². The summed E-state index contributed by atoms with van der Waals surface area (Å²) in [4.78, 5) is 4.58. The molecule has 0 spiro atoms. The Morgan fingerprint density at radius 1 is 1.00 bits per heavy atom. The number of allylic oxidation sites excluding steroid dienone is 1. The molecule has 0 bridgehead atoms. The number of thiazole rings is 1. The SMILES string of the molecule is N#C/C(=C/c1ccccc1)c1nc(-c2ccccc2)cs1. The molecule has 0 radical (unpaired) electrons. The lowest BCUT2D eigenvalue weighted by atomic mass is 10.1. The van der Waals surface area contributed by atoms with Crippen molar-refractivity contribution in [3.8, 4) is 17.3 Å². The van der Waals surface area contributed by atoms with Crippen molar-refractivity contribution in [3.05, 3.63) is 76.6 Å². The van der Waals surface area contributed by atoms with Gasteiger partial charge in [-0.15, -0.1) is 11.3 Å². The van der Waals surface area contributed by atoms with Crippen LogP contribution in [0.1, 0.15) is 10.6 Å². The summed E-state index contributed by atoms with van der Waals surface area (Å²) in [7, 11) is 0. The van der Waals surface area contributed by atoms with Gasteiger partial charge in [0, 0.05) is 10.9 Å². The molecule has 2 aromatic carbocycles. The summed E-state index contributed by atoms with van der Waals surface area (Å²) in [5.41, 5.74) is 3.57. The van der Waals surface area contributed by atoms with Gasteiger partial charge < -0.3 is 0 Å². The Hall–Kier alpha value is -2.70. The molecule has 21 heavy (non-hydrogen) atoms. The molecule has 2 nitrogen and oxygen atoms in total. The molecule has 0 saturated heterocycles. The average Bonchev–Trinajstić information content (AvgIpc) is 3.04. The highest BCUT2D eigenvalue weighted by Gasteiger charge is 2.08. The van der Waals surface area contributed by atoms with E-state index in [1.807, 2.05) is 72.1 Å². The van der Waals surface area contributed by atoms with Gasteiger partial charge >= 0.3 is 0 Å². The van der Waals surface area contributed by atoms with Crippen LogP contribution in [0.25, 0.3) is 22.9 Å². The number of benzene rings is 2. The fraction of sp³-hybridized carbons (Fsp3) is 0. The lowest BCUT2D eigenvalue weighted by molar-refractivity contribution is 1.37. The molecule has 1 heterocycles. The van der Waals surface area contributed by atoms with Crippen LogP contribution in [-0.2, 0) is 0 Å². The van der Waals surface area contributed by atoms with Gasteiger partial charge in [-0.1, -0.05) is 60.7 Å². The van der Waals surface area contributed by atoms with Crippen LogP contribution >= 0.6 is 11.3 Å². The molecular weight excluding hydrogens is 276 g/mol. The first kappa shape index (κ1) is 13.3. The van der Waals surface area contributed by atoms with E-state index in [-0.39, 0.29) is 0 Å². The first-order chi connectivity index (χ1) is 10.4. The Morgan fingerprint density at radius 3 is 2.33 bits per heavy atom. The second-order valence-corrected chi connectivity index (χ2v) is 5.34. The van der Waals surface area contributed by atoms with E-state index in [0.29, 0.717) is 5.57 Å². The Labute approximate surface area is 127 Å². The van der Waals surface area contributed by atoms with Crippen molar-refractivity contribution in [2.75, 3.05) is 0 Å². The zero-order chi connectivity index (χ0) is 14.5. The topological polar surface area (TPSA) is 36.7 Å². The molecular formula is C18H12N2S. The lowest BCUT2D eigenvalue weighted by Crippen LogP contribution is -1.82. The Balaban J connectivity index is 1.95. The van der Waals surface area contributed by atoms with Crippen LogP contribution in [0.4, 0.5) is 0 Å². The van der Waals surface area contributed by atoms with Gasteiger partial charge in [-0.05, 0) is 11.6 Å². The number of hydrogen-bond donors (Lipinski definition) is 0. The van der Waals surface area contributed by atoms with Crippen LogP contribution < -0.4 is 0 Å². The highest BCUT2D eigenvalue weighted by atomic mass is 32.1. The minimum atomic E-state index is 0.591. The van der Waals surface area contributed by atoms with E-state index in [2.05, 4.69) is 11.1 Å². The predicted octanol–water partition coefficient (Wildman–Crippen LogP) is 4.87. The van der Waals surface area contributed by atoms with E-state index < -0.39 is 0 Å². The first-order valence-electron chi connectivity index (χ1n) is 6.55. The molecule has 3 heteroatoms. The molecule has 3 aromatic rings. The quantitative estimate of drug-likeness (QED) is 0.644. The van der Waals surface area contributed by atoms with Gasteiger partial charge in [0.05, 0.1) is 11.3 Å². The van der Waals surface area contributed by atoms with Gasteiger partial charge in [0.15, 0.2) is 0 Å². The van der Waals surface area contributed by atoms with Crippen molar-refractivity contribution in [3.63, 3.8) is 0 Å². The standard InChI is InChI=1S/C18H12N2S/c19-12-16(11-14-7-3-1-4-8-14)18-20-17(13-21-18)15-9-5-2-6-10-15/h1-11,13H/b16-11-. The monoisotopic (exact) mass is 288 g/mol. The van der Waals surface area contributed by atoms with Crippen LogP contribution in [0.15, 0.2) is 66.0 Å². The molecule has 3 rings (SSSR count). The molecule has 0 aliphatic carbocycles. The van der Waals surface area contributed by atoms with E-state index in [1.54, 1.807) is 0 Å². The molecule has 100 valence electrons. The lowest BCUT2D eigenvalue weighted by Gasteiger charge is -1.96. The minimum Gasteiger partial charge on any atom is -0.235 e. The van der Waals surface area contributed by atoms with Crippen LogP contribution in [0, 0.1) is 11.3 Å². The van der Waals surface area contributed by atoms with Crippen molar-refractivity contribution >= 4 is 23.0 Å². The third-order valence-electron chi connectivity index (χ3n) is 3.04. The third-order valence-corrected chi connectivity index (χ3v) is 3.91. The number of nitriles is 1. The maximum absolute atomic E-state index is 9.37. The van der Waals surface area contributed by atoms with Crippen LogP contribution in [-0.4, -0.2) is 4.98 Å². The van der Waals surface area contributed by atoms with Crippen LogP contribution in [0.3, 0.4) is 0 Å². The molecule has 0 fully saturated rings. The number of aromatic nitrogens is 1. The molecule has 0 aliphatic rings. The highest BCUT2D eigenvalue weighted by Crippen LogP contribution is 2.26. The minimum absolute atomic E-state index is 0.591. The first-order valence-corrected chi connectivity index (χ1v) is 7.43. The largest absolute Gasteiger partial charge is 0.235 e. The van der Waals surface area contributed by atoms with Crippen LogP contribution in [0.5, 0.6) is 0 Å². The predicted molar refractivity (Wildman–Crippen MR) is 87.5 cm³/mol. The smallest absolute Gasteiger partial charge is 0.134 e. The number of rotatable bonds is 3. The maximum atomic E-state index is 9.37. The van der Waals surface area contributed by atoms with Gasteiger partial charge in [0.1, 0.15) is 11.1 Å². The summed E-state index contributed by atoms with van der Waals surface area (Å²) in [6, 6.07) is 22.1. The van der Waals surface area contributed by atoms with E-state index in [0.717, 1.165) is 21.8 Å². The van der Waals surface area contributed by atoms with Gasteiger partial charge in [0.2, 0.25) is 0 Å². The number of nitrogens with zero attached hydrogens (tertiary/aromatic N) is 2. The molecule has 1 aromatic heterocycles. The Bertz CT molecular complexity index is 796. The normalized spacial score (nSPS) is 11.1. The molecule has 0 amide bonds. The summed E-state index contributed by atoms with van der Waals surface area (Å²) >= 11 is 1.49. The molecule has 0 aliphatic heterocycles.